The van der Waals surface area contributed by atoms with Gasteiger partial charge >= 0.3 is 0 Å². The van der Waals surface area contributed by atoms with Crippen LogP contribution in [0.4, 0.5) is 0 Å². The van der Waals surface area contributed by atoms with Crippen molar-refractivity contribution < 1.29 is 8.42 Å². The molecule has 1 aliphatic heterocycles. The Kier molecular flexibility index (Phi) is 4.98. The quantitative estimate of drug-likeness (QED) is 0.812. The summed E-state index contributed by atoms with van der Waals surface area (Å²) in [6.07, 6.45) is 1.07. The fourth-order valence-electron chi connectivity index (χ4n) is 2.48. The summed E-state index contributed by atoms with van der Waals surface area (Å²) in [5.74, 6) is 0.637. The van der Waals surface area contributed by atoms with Gasteiger partial charge in [-0.15, -0.1) is 0 Å². The zero-order chi connectivity index (χ0) is 13.1. The van der Waals surface area contributed by atoms with E-state index in [9.17, 15) is 8.42 Å². The molecule has 102 valence electrons. The molecule has 1 atom stereocenters. The first-order valence-corrected chi connectivity index (χ1v) is 8.17. The van der Waals surface area contributed by atoms with Crippen molar-refractivity contribution in [3.8, 4) is 0 Å². The Morgan fingerprint density at radius 3 is 2.18 bits per heavy atom. The molecule has 1 unspecified atom stereocenters. The fraction of sp³-hybridized carbons (Fsp3) is 1.00. The van der Waals surface area contributed by atoms with E-state index >= 15 is 0 Å². The van der Waals surface area contributed by atoms with Gasteiger partial charge < -0.3 is 5.32 Å². The van der Waals surface area contributed by atoms with Gasteiger partial charge in [0.2, 0.25) is 0 Å². The van der Waals surface area contributed by atoms with Crippen LogP contribution in [-0.2, 0) is 9.84 Å². The van der Waals surface area contributed by atoms with Gasteiger partial charge in [0.25, 0.3) is 0 Å². The largest absolute Gasteiger partial charge is 0.320 e. The zero-order valence-corrected chi connectivity index (χ0v) is 12.3. The number of hydrogen-bond donors (Lipinski definition) is 1. The Morgan fingerprint density at radius 1 is 1.24 bits per heavy atom. The topological polar surface area (TPSA) is 49.4 Å². The fourth-order valence-corrected chi connectivity index (χ4v) is 3.71. The maximum atomic E-state index is 11.4. The summed E-state index contributed by atoms with van der Waals surface area (Å²) < 4.78 is 22.9. The Labute approximate surface area is 106 Å². The molecular weight excluding hydrogens is 236 g/mol. The number of nitrogens with one attached hydrogen (secondary N) is 1. The molecule has 0 aromatic rings. The second kappa shape index (κ2) is 5.67. The predicted octanol–water partition coefficient (Wildman–Crippen LogP) is 0.741. The Balaban J connectivity index is 2.65. The maximum absolute atomic E-state index is 11.4. The maximum Gasteiger partial charge on any atom is 0.152 e. The van der Waals surface area contributed by atoms with Gasteiger partial charge in [-0.25, -0.2) is 8.42 Å². The summed E-state index contributed by atoms with van der Waals surface area (Å²) in [6, 6.07) is 0.449. The highest BCUT2D eigenvalue weighted by Crippen LogP contribution is 2.27. The highest BCUT2D eigenvalue weighted by molar-refractivity contribution is 7.91. The molecule has 0 bridgehead atoms. The van der Waals surface area contributed by atoms with Crippen LogP contribution >= 0.6 is 0 Å². The van der Waals surface area contributed by atoms with Crippen LogP contribution in [0.3, 0.4) is 0 Å². The van der Waals surface area contributed by atoms with Gasteiger partial charge in [0.05, 0.1) is 11.5 Å². The van der Waals surface area contributed by atoms with E-state index in [0.29, 0.717) is 30.6 Å². The predicted molar refractivity (Wildman–Crippen MR) is 72.0 cm³/mol. The summed E-state index contributed by atoms with van der Waals surface area (Å²) in [5, 5.41) is 3.18. The van der Waals surface area contributed by atoms with E-state index in [1.54, 1.807) is 0 Å². The van der Waals surface area contributed by atoms with Crippen LogP contribution in [0.25, 0.3) is 0 Å². The lowest BCUT2D eigenvalue weighted by molar-refractivity contribution is 0.100. The highest BCUT2D eigenvalue weighted by Gasteiger charge is 2.33. The van der Waals surface area contributed by atoms with Gasteiger partial charge in [-0.05, 0) is 25.4 Å². The number of nitrogens with zero attached hydrogens (tertiary/aromatic N) is 1. The first-order chi connectivity index (χ1) is 7.76. The minimum absolute atomic E-state index is 0.192. The van der Waals surface area contributed by atoms with Crippen LogP contribution in [0.2, 0.25) is 0 Å². The molecule has 17 heavy (non-hydrogen) atoms. The van der Waals surface area contributed by atoms with Gasteiger partial charge in [0.15, 0.2) is 9.84 Å². The van der Waals surface area contributed by atoms with Crippen molar-refractivity contribution in [2.45, 2.75) is 33.2 Å². The van der Waals surface area contributed by atoms with Crippen molar-refractivity contribution in [3.63, 3.8) is 0 Å². The number of sulfone groups is 1. The lowest BCUT2D eigenvalue weighted by Crippen LogP contribution is -2.51. The van der Waals surface area contributed by atoms with Crippen molar-refractivity contribution in [1.82, 2.24) is 10.2 Å². The van der Waals surface area contributed by atoms with Gasteiger partial charge in [-0.2, -0.15) is 0 Å². The smallest absolute Gasteiger partial charge is 0.152 e. The van der Waals surface area contributed by atoms with Crippen molar-refractivity contribution in [3.05, 3.63) is 0 Å². The molecule has 0 radical (unpaired) electrons. The first kappa shape index (κ1) is 14.9. The average Bonchev–Trinajstić information content (AvgIpc) is 2.19. The lowest BCUT2D eigenvalue weighted by Gasteiger charge is -2.42. The van der Waals surface area contributed by atoms with E-state index in [4.69, 9.17) is 0 Å². The molecule has 1 fully saturated rings. The van der Waals surface area contributed by atoms with Crippen molar-refractivity contribution in [2.75, 3.05) is 38.2 Å². The third-order valence-corrected chi connectivity index (χ3v) is 5.10. The molecule has 5 heteroatoms. The lowest BCUT2D eigenvalue weighted by atomic mass is 9.83. The second-order valence-electron chi connectivity index (χ2n) is 5.96. The van der Waals surface area contributed by atoms with Crippen LogP contribution in [-0.4, -0.2) is 57.5 Å². The summed E-state index contributed by atoms with van der Waals surface area (Å²) in [5.41, 5.74) is 0.192. The van der Waals surface area contributed by atoms with Crippen molar-refractivity contribution in [2.24, 2.45) is 5.41 Å². The summed E-state index contributed by atoms with van der Waals surface area (Å²) in [7, 11) is -0.814. The molecule has 0 aromatic heterocycles. The standard InChI is InChI=1S/C12H26N2O2S/c1-12(2,3)11(5-6-13-4)14-7-9-17(15,16)10-8-14/h11,13H,5-10H2,1-4H3. The minimum Gasteiger partial charge on any atom is -0.320 e. The zero-order valence-electron chi connectivity index (χ0n) is 11.5. The van der Waals surface area contributed by atoms with Crippen LogP contribution < -0.4 is 5.32 Å². The Bertz CT molecular complexity index is 319. The van der Waals surface area contributed by atoms with Gasteiger partial charge in [0, 0.05) is 19.1 Å². The molecule has 0 amide bonds. The SMILES string of the molecule is CNCCC(N1CCS(=O)(=O)CC1)C(C)(C)C. The molecule has 0 spiro atoms. The molecule has 0 saturated carbocycles. The molecule has 1 rings (SSSR count). The molecule has 0 aromatic carbocycles. The van der Waals surface area contributed by atoms with Crippen molar-refractivity contribution in [1.29, 1.82) is 0 Å². The van der Waals surface area contributed by atoms with Gasteiger partial charge in [-0.3, -0.25) is 4.90 Å². The monoisotopic (exact) mass is 262 g/mol. The third-order valence-electron chi connectivity index (χ3n) is 3.49. The summed E-state index contributed by atoms with van der Waals surface area (Å²) in [6.45, 7) is 9.05. The normalized spacial score (nSPS) is 23.5. The summed E-state index contributed by atoms with van der Waals surface area (Å²) in [4.78, 5) is 2.35. The third kappa shape index (κ3) is 4.56. The Morgan fingerprint density at radius 2 is 1.76 bits per heavy atom. The molecule has 1 aliphatic rings. The van der Waals surface area contributed by atoms with Crippen molar-refractivity contribution >= 4 is 9.84 Å². The molecule has 0 aliphatic carbocycles. The van der Waals surface area contributed by atoms with E-state index in [2.05, 4.69) is 31.0 Å². The first-order valence-electron chi connectivity index (χ1n) is 6.35. The van der Waals surface area contributed by atoms with Gasteiger partial charge in [0.1, 0.15) is 0 Å². The van der Waals surface area contributed by atoms with Crippen LogP contribution in [0.15, 0.2) is 0 Å². The second-order valence-corrected chi connectivity index (χ2v) is 8.27. The molecule has 4 nitrogen and oxygen atoms in total. The number of hydrogen-bond acceptors (Lipinski definition) is 4. The molecule has 1 heterocycles. The molecule has 1 saturated heterocycles. The van der Waals surface area contributed by atoms with E-state index in [-0.39, 0.29) is 5.41 Å². The van der Waals surface area contributed by atoms with E-state index in [0.717, 1.165) is 13.0 Å². The van der Waals surface area contributed by atoms with Crippen LogP contribution in [0.5, 0.6) is 0 Å². The van der Waals surface area contributed by atoms with Gasteiger partial charge in [-0.1, -0.05) is 20.8 Å². The summed E-state index contributed by atoms with van der Waals surface area (Å²) >= 11 is 0. The number of rotatable bonds is 4. The van der Waals surface area contributed by atoms with Crippen LogP contribution in [0, 0.1) is 5.41 Å². The Hall–Kier alpha value is -0.130. The molecular formula is C12H26N2O2S. The van der Waals surface area contributed by atoms with E-state index in [1.807, 2.05) is 7.05 Å². The highest BCUT2D eigenvalue weighted by atomic mass is 32.2. The van der Waals surface area contributed by atoms with E-state index < -0.39 is 9.84 Å². The van der Waals surface area contributed by atoms with E-state index in [1.165, 1.54) is 0 Å². The van der Waals surface area contributed by atoms with Crippen LogP contribution in [0.1, 0.15) is 27.2 Å². The average molecular weight is 262 g/mol. The minimum atomic E-state index is -2.77. The molecule has 1 N–H and O–H groups in total.